The summed E-state index contributed by atoms with van der Waals surface area (Å²) in [5.41, 5.74) is 0.717. The number of thioether (sulfide) groups is 1. The molecule has 4 nitrogen and oxygen atoms in total. The number of carbonyl (C=O) groups excluding carboxylic acids is 2. The normalized spacial score (nSPS) is 26.5. The average Bonchev–Trinajstić information content (AvgIpc) is 2.55. The number of carbonyl (C=O) groups is 2. The third kappa shape index (κ3) is 4.48. The van der Waals surface area contributed by atoms with E-state index in [4.69, 9.17) is 0 Å². The van der Waals surface area contributed by atoms with Crippen LogP contribution in [0.5, 0.6) is 0 Å². The summed E-state index contributed by atoms with van der Waals surface area (Å²) in [6.07, 6.45) is -3.23. The Morgan fingerprint density at radius 3 is 2.80 bits per heavy atom. The molecule has 0 unspecified atom stereocenters. The highest BCUT2D eigenvalue weighted by Crippen LogP contribution is 2.38. The summed E-state index contributed by atoms with van der Waals surface area (Å²) in [7, 11) is 0. The van der Waals surface area contributed by atoms with Crippen LogP contribution in [0.15, 0.2) is 29.2 Å². The first kappa shape index (κ1) is 18.1. The van der Waals surface area contributed by atoms with Crippen molar-refractivity contribution in [3.05, 3.63) is 24.3 Å². The topological polar surface area (TPSA) is 58.2 Å². The lowest BCUT2D eigenvalue weighted by Gasteiger charge is -2.31. The van der Waals surface area contributed by atoms with Gasteiger partial charge in [0.1, 0.15) is 0 Å². The van der Waals surface area contributed by atoms with E-state index < -0.39 is 23.4 Å². The predicted octanol–water partition coefficient (Wildman–Crippen LogP) is 3.73. The van der Waals surface area contributed by atoms with Gasteiger partial charge in [-0.15, -0.1) is 11.8 Å². The van der Waals surface area contributed by atoms with Crippen molar-refractivity contribution >= 4 is 29.3 Å². The van der Waals surface area contributed by atoms with E-state index in [9.17, 15) is 22.8 Å². The Kier molecular flexibility index (Phi) is 5.27. The molecule has 2 amide bonds. The van der Waals surface area contributed by atoms with Crippen LogP contribution in [-0.2, 0) is 9.59 Å². The molecule has 2 aliphatic rings. The van der Waals surface area contributed by atoms with Crippen LogP contribution in [0.2, 0.25) is 0 Å². The van der Waals surface area contributed by atoms with E-state index in [-0.39, 0.29) is 31.1 Å². The van der Waals surface area contributed by atoms with Crippen molar-refractivity contribution in [2.75, 3.05) is 5.32 Å². The maximum absolute atomic E-state index is 12.8. The van der Waals surface area contributed by atoms with E-state index in [1.165, 1.54) is 11.8 Å². The lowest BCUT2D eigenvalue weighted by Crippen LogP contribution is -2.43. The minimum atomic E-state index is -4.22. The number of para-hydroxylation sites is 1. The van der Waals surface area contributed by atoms with E-state index in [2.05, 4.69) is 10.6 Å². The zero-order chi connectivity index (χ0) is 18.0. The van der Waals surface area contributed by atoms with Crippen LogP contribution in [-0.4, -0.2) is 29.3 Å². The summed E-state index contributed by atoms with van der Waals surface area (Å²) < 4.78 is 38.5. The molecule has 1 saturated carbocycles. The molecule has 136 valence electrons. The molecule has 1 aromatic carbocycles. The van der Waals surface area contributed by atoms with Gasteiger partial charge in [0, 0.05) is 17.4 Å². The van der Waals surface area contributed by atoms with Crippen molar-refractivity contribution in [2.24, 2.45) is 5.92 Å². The Labute approximate surface area is 147 Å². The Hall–Kier alpha value is -1.70. The van der Waals surface area contributed by atoms with E-state index >= 15 is 0 Å². The fourth-order valence-electron chi connectivity index (χ4n) is 3.30. The van der Waals surface area contributed by atoms with E-state index in [1.54, 1.807) is 6.07 Å². The third-order valence-electron chi connectivity index (χ3n) is 4.58. The van der Waals surface area contributed by atoms with Gasteiger partial charge in [-0.3, -0.25) is 9.59 Å². The van der Waals surface area contributed by atoms with Crippen LogP contribution in [0.1, 0.15) is 32.1 Å². The standard InChI is InChI=1S/C17H19F3N2O2S/c18-17(19,20)10-4-3-5-11(8-10)21-15(23)9-14-16(24)22-12-6-1-2-7-13(12)25-14/h1-2,6-7,10-11,14H,3-5,8-9H2,(H,21,23)(H,22,24)/t10-,11-,14+/m1/s1. The first-order valence-corrected chi connectivity index (χ1v) is 9.13. The van der Waals surface area contributed by atoms with Crippen LogP contribution in [0.25, 0.3) is 0 Å². The SMILES string of the molecule is O=C(C[C@@H]1Sc2ccccc2NC1=O)N[C@@H]1CCC[C@@H](C(F)(F)F)C1. The first-order valence-electron chi connectivity index (χ1n) is 8.25. The quantitative estimate of drug-likeness (QED) is 0.850. The monoisotopic (exact) mass is 372 g/mol. The van der Waals surface area contributed by atoms with Crippen LogP contribution < -0.4 is 10.6 Å². The van der Waals surface area contributed by atoms with Gasteiger partial charge in [-0.05, 0) is 31.4 Å². The van der Waals surface area contributed by atoms with Gasteiger partial charge in [0.05, 0.1) is 16.9 Å². The molecule has 1 aliphatic heterocycles. The largest absolute Gasteiger partial charge is 0.391 e. The zero-order valence-electron chi connectivity index (χ0n) is 13.4. The molecule has 1 fully saturated rings. The van der Waals surface area contributed by atoms with Gasteiger partial charge in [0.2, 0.25) is 11.8 Å². The molecular weight excluding hydrogens is 353 g/mol. The number of hydrogen-bond donors (Lipinski definition) is 2. The Bertz CT molecular complexity index is 666. The molecule has 3 rings (SSSR count). The second-order valence-electron chi connectivity index (χ2n) is 6.47. The minimum Gasteiger partial charge on any atom is -0.353 e. The molecule has 2 N–H and O–H groups in total. The van der Waals surface area contributed by atoms with Gasteiger partial charge >= 0.3 is 6.18 Å². The highest BCUT2D eigenvalue weighted by Gasteiger charge is 2.42. The molecule has 0 bridgehead atoms. The van der Waals surface area contributed by atoms with Crippen molar-refractivity contribution < 1.29 is 22.8 Å². The number of fused-ring (bicyclic) bond motifs is 1. The molecule has 0 spiro atoms. The molecular formula is C17H19F3N2O2S. The Morgan fingerprint density at radius 1 is 1.28 bits per heavy atom. The fourth-order valence-corrected chi connectivity index (χ4v) is 4.41. The second kappa shape index (κ2) is 7.27. The van der Waals surface area contributed by atoms with Crippen LogP contribution >= 0.6 is 11.8 Å². The predicted molar refractivity (Wildman–Crippen MR) is 89.3 cm³/mol. The summed E-state index contributed by atoms with van der Waals surface area (Å²) in [5, 5.41) is 4.87. The van der Waals surface area contributed by atoms with Gasteiger partial charge in [0.15, 0.2) is 0 Å². The number of alkyl halides is 3. The number of rotatable bonds is 3. The smallest absolute Gasteiger partial charge is 0.353 e. The molecule has 0 radical (unpaired) electrons. The molecule has 25 heavy (non-hydrogen) atoms. The number of halogens is 3. The Balaban J connectivity index is 1.55. The van der Waals surface area contributed by atoms with Crippen LogP contribution in [0.4, 0.5) is 18.9 Å². The summed E-state index contributed by atoms with van der Waals surface area (Å²) >= 11 is 1.31. The van der Waals surface area contributed by atoms with Gasteiger partial charge in [0.25, 0.3) is 0 Å². The average molecular weight is 372 g/mol. The van der Waals surface area contributed by atoms with Gasteiger partial charge in [-0.1, -0.05) is 18.6 Å². The molecule has 1 aliphatic carbocycles. The maximum Gasteiger partial charge on any atom is 0.391 e. The maximum atomic E-state index is 12.8. The first-order chi connectivity index (χ1) is 11.8. The number of anilines is 1. The van der Waals surface area contributed by atoms with Crippen molar-refractivity contribution in [1.29, 1.82) is 0 Å². The fraction of sp³-hybridized carbons (Fsp3) is 0.529. The molecule has 0 saturated heterocycles. The highest BCUT2D eigenvalue weighted by molar-refractivity contribution is 8.01. The van der Waals surface area contributed by atoms with Crippen LogP contribution in [0, 0.1) is 5.92 Å². The van der Waals surface area contributed by atoms with Crippen molar-refractivity contribution in [3.63, 3.8) is 0 Å². The van der Waals surface area contributed by atoms with E-state index in [0.29, 0.717) is 12.8 Å². The molecule has 0 aromatic heterocycles. The molecule has 1 aromatic rings. The van der Waals surface area contributed by atoms with Crippen molar-refractivity contribution in [3.8, 4) is 0 Å². The summed E-state index contributed by atoms with van der Waals surface area (Å²) in [6, 6.07) is 6.83. The number of hydrogen-bond acceptors (Lipinski definition) is 3. The highest BCUT2D eigenvalue weighted by atomic mass is 32.2. The second-order valence-corrected chi connectivity index (χ2v) is 7.71. The minimum absolute atomic E-state index is 0.0436. The molecule has 1 heterocycles. The molecule has 3 atom stereocenters. The van der Waals surface area contributed by atoms with Gasteiger partial charge in [-0.2, -0.15) is 13.2 Å². The number of benzene rings is 1. The summed E-state index contributed by atoms with van der Waals surface area (Å²) in [4.78, 5) is 25.2. The van der Waals surface area contributed by atoms with Crippen molar-refractivity contribution in [1.82, 2.24) is 5.32 Å². The number of nitrogens with one attached hydrogen (secondary N) is 2. The summed E-state index contributed by atoms with van der Waals surface area (Å²) in [6.45, 7) is 0. The third-order valence-corrected chi connectivity index (χ3v) is 5.85. The molecule has 8 heteroatoms. The Morgan fingerprint density at radius 2 is 2.04 bits per heavy atom. The number of amides is 2. The summed E-state index contributed by atoms with van der Waals surface area (Å²) in [5.74, 6) is -1.98. The van der Waals surface area contributed by atoms with E-state index in [0.717, 1.165) is 10.6 Å². The lowest BCUT2D eigenvalue weighted by molar-refractivity contribution is -0.184. The lowest BCUT2D eigenvalue weighted by atomic mass is 9.85. The van der Waals surface area contributed by atoms with E-state index in [1.807, 2.05) is 18.2 Å². The zero-order valence-corrected chi connectivity index (χ0v) is 14.3. The van der Waals surface area contributed by atoms with Crippen molar-refractivity contribution in [2.45, 2.75) is 54.5 Å². The van der Waals surface area contributed by atoms with Gasteiger partial charge in [-0.25, -0.2) is 0 Å². The van der Waals surface area contributed by atoms with Gasteiger partial charge < -0.3 is 10.6 Å². The van der Waals surface area contributed by atoms with Crippen LogP contribution in [0.3, 0.4) is 0 Å².